The van der Waals surface area contributed by atoms with Crippen LogP contribution in [0, 0.1) is 39.9 Å². The van der Waals surface area contributed by atoms with E-state index in [1.165, 1.54) is 13.8 Å². The summed E-state index contributed by atoms with van der Waals surface area (Å²) in [7, 11) is 0. The molecule has 0 aromatic heterocycles. The molecule has 0 spiro atoms. The van der Waals surface area contributed by atoms with Crippen LogP contribution in [0.2, 0.25) is 0 Å². The number of hydrogen-bond donors (Lipinski definition) is 4. The van der Waals surface area contributed by atoms with Crippen molar-refractivity contribution in [1.29, 1.82) is 0 Å². The summed E-state index contributed by atoms with van der Waals surface area (Å²) in [5, 5.41) is 45.5. The van der Waals surface area contributed by atoms with E-state index in [9.17, 15) is 39.6 Å². The maximum atomic E-state index is 14.5. The number of ketones is 1. The smallest absolute Gasteiger partial charge is 0.331 e. The quantitative estimate of drug-likeness (QED) is 0.200. The summed E-state index contributed by atoms with van der Waals surface area (Å²) in [4.78, 5) is 52.0. The first-order valence-corrected chi connectivity index (χ1v) is 15.4. The number of esters is 2. The van der Waals surface area contributed by atoms with Gasteiger partial charge in [-0.1, -0.05) is 39.3 Å². The molecule has 12 atom stereocenters. The average Bonchev–Trinajstić information content (AvgIpc) is 3.18. The Labute approximate surface area is 253 Å². The van der Waals surface area contributed by atoms with Gasteiger partial charge in [-0.05, 0) is 68.3 Å². The number of ether oxygens (including phenoxy) is 2. The van der Waals surface area contributed by atoms with Crippen LogP contribution in [0.15, 0.2) is 22.8 Å². The minimum atomic E-state index is -1.62. The maximum Gasteiger partial charge on any atom is 0.331 e. The second-order valence-electron chi connectivity index (χ2n) is 14.3. The van der Waals surface area contributed by atoms with Crippen LogP contribution < -0.4 is 0 Å². The highest BCUT2D eigenvalue weighted by atomic mass is 16.6. The van der Waals surface area contributed by atoms with Gasteiger partial charge in [0.05, 0.1) is 12.2 Å². The van der Waals surface area contributed by atoms with Gasteiger partial charge < -0.3 is 29.9 Å². The summed E-state index contributed by atoms with van der Waals surface area (Å²) in [5.41, 5.74) is -2.17. The van der Waals surface area contributed by atoms with Crippen LogP contribution in [-0.2, 0) is 28.7 Å². The maximum absolute atomic E-state index is 14.5. The fourth-order valence-corrected chi connectivity index (χ4v) is 9.89. The SMILES string of the molecule is CC(=O)O[C@@H]1[C@@H]2[C@H](C)[C@H](O)CC[C@]2(C)[C@@H]2C(=O)[C@H](O)[C@H]3/C(=C(\CCC=C(C)C)C(=O)O)[C@@H](OC(C)=O)C[C@]3(C)[C@@]2(C)[C@H]1O. The molecule has 0 radical (unpaired) electrons. The number of carbonyl (C=O) groups is 4. The van der Waals surface area contributed by atoms with Crippen molar-refractivity contribution < 1.29 is 49.1 Å². The third kappa shape index (κ3) is 4.97. The molecule has 0 bridgehead atoms. The molecule has 240 valence electrons. The third-order valence-corrected chi connectivity index (χ3v) is 11.7. The van der Waals surface area contributed by atoms with E-state index in [0.29, 0.717) is 19.3 Å². The number of carbonyl (C=O) groups excluding carboxylic acids is 3. The average molecular weight is 605 g/mol. The van der Waals surface area contributed by atoms with Gasteiger partial charge in [-0.3, -0.25) is 14.4 Å². The topological polar surface area (TPSA) is 168 Å². The first-order valence-electron chi connectivity index (χ1n) is 15.4. The zero-order valence-corrected chi connectivity index (χ0v) is 26.5. The molecule has 0 unspecified atom stereocenters. The van der Waals surface area contributed by atoms with E-state index in [1.807, 2.05) is 40.7 Å². The van der Waals surface area contributed by atoms with Crippen molar-refractivity contribution in [2.75, 3.05) is 0 Å². The Morgan fingerprint density at radius 2 is 1.60 bits per heavy atom. The van der Waals surface area contributed by atoms with Crippen molar-refractivity contribution in [1.82, 2.24) is 0 Å². The molecule has 0 heterocycles. The number of fused-ring (bicyclic) bond motifs is 5. The molecule has 4 N–H and O–H groups in total. The Hall–Kier alpha value is -2.56. The first-order chi connectivity index (χ1) is 19.8. The number of Topliss-reactive ketones (excluding diaryl/α,β-unsaturated/α-hetero) is 1. The van der Waals surface area contributed by atoms with Crippen molar-refractivity contribution in [3.8, 4) is 0 Å². The standard InChI is InChI=1S/C33H48O10/c1-15(2)10-9-11-19(30(40)41)22-21(42-17(4)34)14-32(7)24(22)25(37)26(38)28-31(6)13-12-20(36)16(3)23(31)27(43-18(5)35)29(39)33(28,32)8/h10,16,20-21,23-25,27-29,36-37,39H,9,11-14H2,1-8H3,(H,40,41)/b22-19+/t16-,20-,21+,23+,24-,25-,27-,28+,29+,31+,32+,33-/m1/s1. The van der Waals surface area contributed by atoms with Crippen LogP contribution in [-0.4, -0.2) is 74.6 Å². The number of rotatable bonds is 6. The summed E-state index contributed by atoms with van der Waals surface area (Å²) in [6, 6.07) is 0. The summed E-state index contributed by atoms with van der Waals surface area (Å²) in [6.45, 7) is 13.6. The summed E-state index contributed by atoms with van der Waals surface area (Å²) < 4.78 is 11.6. The van der Waals surface area contributed by atoms with Gasteiger partial charge in [0.1, 0.15) is 18.3 Å². The number of aliphatic hydroxyl groups is 3. The Balaban J connectivity index is 1.99. The molecule has 0 saturated heterocycles. The molecular formula is C33H48O10. The Bertz CT molecular complexity index is 1250. The van der Waals surface area contributed by atoms with Crippen molar-refractivity contribution >= 4 is 23.7 Å². The zero-order chi connectivity index (χ0) is 32.4. The molecular weight excluding hydrogens is 556 g/mol. The predicted molar refractivity (Wildman–Crippen MR) is 155 cm³/mol. The van der Waals surface area contributed by atoms with Crippen molar-refractivity contribution in [2.45, 2.75) is 118 Å². The third-order valence-electron chi connectivity index (χ3n) is 11.7. The molecule has 4 saturated carbocycles. The number of hydrogen-bond acceptors (Lipinski definition) is 9. The van der Waals surface area contributed by atoms with Gasteiger partial charge in [-0.15, -0.1) is 0 Å². The number of carboxylic acid groups (broad SMARTS) is 1. The lowest BCUT2D eigenvalue weighted by Gasteiger charge is -2.70. The van der Waals surface area contributed by atoms with Gasteiger partial charge in [-0.2, -0.15) is 0 Å². The largest absolute Gasteiger partial charge is 0.478 e. The Kier molecular flexibility index (Phi) is 8.85. The van der Waals surface area contributed by atoms with Gasteiger partial charge in [0.25, 0.3) is 0 Å². The van der Waals surface area contributed by atoms with Crippen molar-refractivity contribution in [2.24, 2.45) is 39.9 Å². The lowest BCUT2D eigenvalue weighted by molar-refractivity contribution is -0.284. The molecule has 0 aromatic carbocycles. The van der Waals surface area contributed by atoms with E-state index < -0.39 is 94.1 Å². The second-order valence-corrected chi connectivity index (χ2v) is 14.3. The first kappa shape index (κ1) is 33.3. The minimum Gasteiger partial charge on any atom is -0.478 e. The van der Waals surface area contributed by atoms with Gasteiger partial charge in [0, 0.05) is 42.6 Å². The highest BCUT2D eigenvalue weighted by molar-refractivity contribution is 5.92. The number of aliphatic hydroxyl groups excluding tert-OH is 3. The second kappa shape index (κ2) is 11.4. The summed E-state index contributed by atoms with van der Waals surface area (Å²) in [5.74, 6) is -5.96. The molecule has 4 fully saturated rings. The van der Waals surface area contributed by atoms with Crippen LogP contribution in [0.1, 0.15) is 87.5 Å². The van der Waals surface area contributed by atoms with Gasteiger partial charge >= 0.3 is 17.9 Å². The molecule has 4 aliphatic carbocycles. The molecule has 4 aliphatic rings. The van der Waals surface area contributed by atoms with Crippen molar-refractivity contribution in [3.05, 3.63) is 22.8 Å². The van der Waals surface area contributed by atoms with Crippen LogP contribution in [0.25, 0.3) is 0 Å². The Morgan fingerprint density at radius 3 is 2.14 bits per heavy atom. The van der Waals surface area contributed by atoms with E-state index >= 15 is 0 Å². The van der Waals surface area contributed by atoms with E-state index in [4.69, 9.17) is 9.47 Å². The Morgan fingerprint density at radius 1 is 1.00 bits per heavy atom. The number of allylic oxidation sites excluding steroid dienone is 2. The fourth-order valence-electron chi connectivity index (χ4n) is 9.89. The zero-order valence-electron chi connectivity index (χ0n) is 26.5. The van der Waals surface area contributed by atoms with Crippen LogP contribution in [0.5, 0.6) is 0 Å². The predicted octanol–water partition coefficient (Wildman–Crippen LogP) is 3.36. The summed E-state index contributed by atoms with van der Waals surface area (Å²) in [6.07, 6.45) is -2.62. The molecule has 0 aliphatic heterocycles. The van der Waals surface area contributed by atoms with Crippen LogP contribution in [0.4, 0.5) is 0 Å². The molecule has 10 nitrogen and oxygen atoms in total. The molecule has 0 aromatic rings. The normalized spacial score (nSPS) is 44.8. The monoisotopic (exact) mass is 604 g/mol. The summed E-state index contributed by atoms with van der Waals surface area (Å²) >= 11 is 0. The lowest BCUT2D eigenvalue weighted by atomic mass is 9.35. The molecule has 10 heteroatoms. The fraction of sp³-hybridized carbons (Fsp3) is 0.758. The lowest BCUT2D eigenvalue weighted by Crippen LogP contribution is -2.76. The van der Waals surface area contributed by atoms with Crippen molar-refractivity contribution in [3.63, 3.8) is 0 Å². The van der Waals surface area contributed by atoms with E-state index in [-0.39, 0.29) is 24.0 Å². The van der Waals surface area contributed by atoms with Gasteiger partial charge in [-0.25, -0.2) is 4.79 Å². The van der Waals surface area contributed by atoms with Crippen LogP contribution >= 0.6 is 0 Å². The van der Waals surface area contributed by atoms with E-state index in [2.05, 4.69) is 0 Å². The number of carboxylic acids is 1. The molecule has 4 rings (SSSR count). The van der Waals surface area contributed by atoms with E-state index in [1.54, 1.807) is 6.92 Å². The highest BCUT2D eigenvalue weighted by Gasteiger charge is 2.78. The minimum absolute atomic E-state index is 0.0216. The van der Waals surface area contributed by atoms with E-state index in [0.717, 1.165) is 5.57 Å². The van der Waals surface area contributed by atoms with Gasteiger partial charge in [0.15, 0.2) is 5.78 Å². The molecule has 0 amide bonds. The highest BCUT2D eigenvalue weighted by Crippen LogP contribution is 2.74. The van der Waals surface area contributed by atoms with Gasteiger partial charge in [0.2, 0.25) is 0 Å². The van der Waals surface area contributed by atoms with Crippen LogP contribution in [0.3, 0.4) is 0 Å². The molecule has 43 heavy (non-hydrogen) atoms. The number of aliphatic carboxylic acids is 1.